The van der Waals surface area contributed by atoms with Crippen LogP contribution in [0.5, 0.6) is 0 Å². The molecule has 1 aliphatic heterocycles. The van der Waals surface area contributed by atoms with Crippen LogP contribution >= 0.6 is 11.6 Å². The first kappa shape index (κ1) is 13.6. The zero-order valence-corrected chi connectivity index (χ0v) is 12.1. The summed E-state index contributed by atoms with van der Waals surface area (Å²) >= 11 is 5.99. The number of hydrogen-bond acceptors (Lipinski definition) is 4. The third-order valence-corrected chi connectivity index (χ3v) is 3.80. The van der Waals surface area contributed by atoms with Gasteiger partial charge >= 0.3 is 0 Å². The van der Waals surface area contributed by atoms with Gasteiger partial charge in [-0.3, -0.25) is 4.90 Å². The van der Waals surface area contributed by atoms with Crippen LogP contribution < -0.4 is 4.90 Å². The molecule has 0 bridgehead atoms. The highest BCUT2D eigenvalue weighted by molar-refractivity contribution is 6.29. The molecule has 0 radical (unpaired) electrons. The Morgan fingerprint density at radius 3 is 2.72 bits per heavy atom. The van der Waals surface area contributed by atoms with Gasteiger partial charge in [0, 0.05) is 25.2 Å². The Labute approximate surface area is 114 Å². The summed E-state index contributed by atoms with van der Waals surface area (Å²) in [6, 6.07) is 2.49. The summed E-state index contributed by atoms with van der Waals surface area (Å²) in [4.78, 5) is 13.4. The van der Waals surface area contributed by atoms with E-state index in [1.165, 1.54) is 6.42 Å². The predicted molar refractivity (Wildman–Crippen MR) is 75.3 cm³/mol. The second-order valence-corrected chi connectivity index (χ2v) is 5.09. The van der Waals surface area contributed by atoms with E-state index in [0.717, 1.165) is 37.8 Å². The van der Waals surface area contributed by atoms with E-state index in [9.17, 15) is 0 Å². The van der Waals surface area contributed by atoms with Crippen molar-refractivity contribution < 1.29 is 0 Å². The van der Waals surface area contributed by atoms with Crippen molar-refractivity contribution in [1.29, 1.82) is 0 Å². The van der Waals surface area contributed by atoms with Crippen molar-refractivity contribution in [1.82, 2.24) is 14.9 Å². The lowest BCUT2D eigenvalue weighted by Gasteiger charge is -2.26. The van der Waals surface area contributed by atoms with Crippen molar-refractivity contribution in [2.45, 2.75) is 33.2 Å². The fraction of sp³-hybridized carbons (Fsp3) is 0.692. The van der Waals surface area contributed by atoms with E-state index < -0.39 is 0 Å². The fourth-order valence-electron chi connectivity index (χ4n) is 2.67. The normalized spacial score (nSPS) is 19.8. The van der Waals surface area contributed by atoms with Crippen LogP contribution in [-0.4, -0.2) is 47.1 Å². The summed E-state index contributed by atoms with van der Waals surface area (Å²) in [7, 11) is 0. The van der Waals surface area contributed by atoms with E-state index in [1.807, 2.05) is 13.0 Å². The van der Waals surface area contributed by atoms with E-state index in [2.05, 4.69) is 33.6 Å². The lowest BCUT2D eigenvalue weighted by atomic mass is 10.2. The molecule has 1 saturated heterocycles. The van der Waals surface area contributed by atoms with Crippen molar-refractivity contribution >= 4 is 17.4 Å². The molecule has 1 aliphatic rings. The Morgan fingerprint density at radius 2 is 2.11 bits per heavy atom. The Hall–Kier alpha value is -0.870. The molecule has 1 atom stereocenters. The number of nitrogens with zero attached hydrogens (tertiary/aromatic N) is 4. The maximum Gasteiger partial charge on any atom is 0.134 e. The molecule has 1 fully saturated rings. The van der Waals surface area contributed by atoms with Crippen LogP contribution in [-0.2, 0) is 0 Å². The molecule has 0 spiro atoms. The van der Waals surface area contributed by atoms with Gasteiger partial charge < -0.3 is 4.90 Å². The van der Waals surface area contributed by atoms with Gasteiger partial charge in [-0.05, 0) is 26.4 Å². The van der Waals surface area contributed by atoms with Crippen LogP contribution in [0.4, 0.5) is 5.82 Å². The molecule has 1 unspecified atom stereocenters. The largest absolute Gasteiger partial charge is 0.355 e. The maximum atomic E-state index is 5.99. The monoisotopic (exact) mass is 268 g/mol. The first-order chi connectivity index (χ1) is 8.63. The van der Waals surface area contributed by atoms with E-state index in [1.54, 1.807) is 0 Å². The summed E-state index contributed by atoms with van der Waals surface area (Å²) in [5.74, 6) is 1.70. The molecule has 0 saturated carbocycles. The van der Waals surface area contributed by atoms with Crippen molar-refractivity contribution in [2.75, 3.05) is 31.1 Å². The van der Waals surface area contributed by atoms with Crippen LogP contribution in [0.1, 0.15) is 26.1 Å². The summed E-state index contributed by atoms with van der Waals surface area (Å²) in [6.45, 7) is 10.6. The molecule has 0 aliphatic carbocycles. The van der Waals surface area contributed by atoms with E-state index in [-0.39, 0.29) is 0 Å². The number of hydrogen-bond donors (Lipinski definition) is 0. The summed E-state index contributed by atoms with van der Waals surface area (Å²) < 4.78 is 0. The molecular weight excluding hydrogens is 248 g/mol. The minimum atomic E-state index is 0.531. The Bertz CT molecular complexity index is 386. The highest BCUT2D eigenvalue weighted by Gasteiger charge is 2.27. The van der Waals surface area contributed by atoms with Crippen molar-refractivity contribution in [3.63, 3.8) is 0 Å². The second kappa shape index (κ2) is 5.85. The molecule has 1 aromatic heterocycles. The smallest absolute Gasteiger partial charge is 0.134 e. The van der Waals surface area contributed by atoms with Gasteiger partial charge in [0.2, 0.25) is 0 Å². The standard InChI is InChI=1S/C13H21ClN4/c1-4-17(5-2)11-6-7-18(9-11)13-8-12(14)15-10(3)16-13/h8,11H,4-7,9H2,1-3H3. The maximum absolute atomic E-state index is 5.99. The average Bonchev–Trinajstić information content (AvgIpc) is 2.79. The number of anilines is 1. The fourth-order valence-corrected chi connectivity index (χ4v) is 2.89. The van der Waals surface area contributed by atoms with Gasteiger partial charge in [-0.15, -0.1) is 0 Å². The predicted octanol–water partition coefficient (Wildman–Crippen LogP) is 2.36. The average molecular weight is 269 g/mol. The SMILES string of the molecule is CCN(CC)C1CCN(c2cc(Cl)nc(C)n2)C1. The molecule has 100 valence electrons. The van der Waals surface area contributed by atoms with Gasteiger partial charge in [0.25, 0.3) is 0 Å². The topological polar surface area (TPSA) is 32.3 Å². The number of aromatic nitrogens is 2. The lowest BCUT2D eigenvalue weighted by Crippen LogP contribution is -2.37. The molecule has 0 aromatic carbocycles. The van der Waals surface area contributed by atoms with Gasteiger partial charge in [0.05, 0.1) is 0 Å². The molecule has 0 amide bonds. The van der Waals surface area contributed by atoms with Crippen LogP contribution in [0.25, 0.3) is 0 Å². The van der Waals surface area contributed by atoms with E-state index in [4.69, 9.17) is 11.6 Å². The first-order valence-electron chi connectivity index (χ1n) is 6.64. The third kappa shape index (κ3) is 2.93. The van der Waals surface area contributed by atoms with Gasteiger partial charge in [-0.2, -0.15) is 0 Å². The molecule has 4 nitrogen and oxygen atoms in total. The number of likely N-dealkylation sites (N-methyl/N-ethyl adjacent to an activating group) is 1. The second-order valence-electron chi connectivity index (χ2n) is 4.71. The first-order valence-corrected chi connectivity index (χ1v) is 7.02. The Morgan fingerprint density at radius 1 is 1.39 bits per heavy atom. The van der Waals surface area contributed by atoms with Crippen molar-refractivity contribution in [2.24, 2.45) is 0 Å². The summed E-state index contributed by atoms with van der Waals surface area (Å²) in [6.07, 6.45) is 1.20. The van der Waals surface area contributed by atoms with Crippen LogP contribution in [0.15, 0.2) is 6.07 Å². The van der Waals surface area contributed by atoms with Crippen molar-refractivity contribution in [3.05, 3.63) is 17.0 Å². The molecule has 5 heteroatoms. The molecule has 0 N–H and O–H groups in total. The minimum absolute atomic E-state index is 0.531. The molecule has 18 heavy (non-hydrogen) atoms. The highest BCUT2D eigenvalue weighted by Crippen LogP contribution is 2.23. The van der Waals surface area contributed by atoms with Crippen LogP contribution in [0.2, 0.25) is 5.15 Å². The summed E-state index contributed by atoms with van der Waals surface area (Å²) in [5.41, 5.74) is 0. The summed E-state index contributed by atoms with van der Waals surface area (Å²) in [5, 5.41) is 0.531. The van der Waals surface area contributed by atoms with Gasteiger partial charge in [-0.1, -0.05) is 25.4 Å². The molecular formula is C13H21ClN4. The van der Waals surface area contributed by atoms with Crippen LogP contribution in [0, 0.1) is 6.92 Å². The highest BCUT2D eigenvalue weighted by atomic mass is 35.5. The van der Waals surface area contributed by atoms with Crippen LogP contribution in [0.3, 0.4) is 0 Å². The van der Waals surface area contributed by atoms with E-state index in [0.29, 0.717) is 11.2 Å². The quantitative estimate of drug-likeness (QED) is 0.785. The molecule has 2 rings (SSSR count). The number of rotatable bonds is 4. The zero-order chi connectivity index (χ0) is 13.1. The number of aryl methyl sites for hydroxylation is 1. The lowest BCUT2D eigenvalue weighted by molar-refractivity contribution is 0.232. The van der Waals surface area contributed by atoms with Gasteiger partial charge in [-0.25, -0.2) is 9.97 Å². The van der Waals surface area contributed by atoms with E-state index >= 15 is 0 Å². The van der Waals surface area contributed by atoms with Gasteiger partial charge in [0.15, 0.2) is 0 Å². The minimum Gasteiger partial charge on any atom is -0.355 e. The Balaban J connectivity index is 2.08. The Kier molecular flexibility index (Phi) is 4.40. The molecule has 1 aromatic rings. The molecule has 2 heterocycles. The number of halogens is 1. The van der Waals surface area contributed by atoms with Gasteiger partial charge in [0.1, 0.15) is 16.8 Å². The third-order valence-electron chi connectivity index (χ3n) is 3.61. The zero-order valence-electron chi connectivity index (χ0n) is 11.4. The van der Waals surface area contributed by atoms with Crippen molar-refractivity contribution in [3.8, 4) is 0 Å².